The molecule has 0 spiro atoms. The molecule has 0 aromatic heterocycles. The summed E-state index contributed by atoms with van der Waals surface area (Å²) in [6.45, 7) is 3.19. The van der Waals surface area contributed by atoms with Gasteiger partial charge in [0.05, 0.1) is 13.2 Å². The van der Waals surface area contributed by atoms with Gasteiger partial charge >= 0.3 is 0 Å². The van der Waals surface area contributed by atoms with Crippen LogP contribution in [0.1, 0.15) is 18.1 Å². The molecule has 0 bridgehead atoms. The smallest absolute Gasteiger partial charge is 0.237 e. The van der Waals surface area contributed by atoms with Gasteiger partial charge in [-0.1, -0.05) is 42.5 Å². The zero-order valence-electron chi connectivity index (χ0n) is 14.0. The van der Waals surface area contributed by atoms with Crippen LogP contribution in [0.4, 0.5) is 0 Å². The van der Waals surface area contributed by atoms with Gasteiger partial charge in [0.1, 0.15) is 5.75 Å². The SMILES string of the molecule is COc1ccc(CN(C)C(C)C(=O)NCc2ccccc2)cc1. The Morgan fingerprint density at radius 2 is 1.74 bits per heavy atom. The van der Waals surface area contributed by atoms with Crippen molar-refractivity contribution in [2.24, 2.45) is 0 Å². The zero-order valence-corrected chi connectivity index (χ0v) is 14.0. The van der Waals surface area contributed by atoms with Crippen LogP contribution < -0.4 is 10.1 Å². The van der Waals surface area contributed by atoms with E-state index in [0.717, 1.165) is 16.9 Å². The fraction of sp³-hybridized carbons (Fsp3) is 0.316. The topological polar surface area (TPSA) is 41.6 Å². The molecule has 0 saturated carbocycles. The van der Waals surface area contributed by atoms with E-state index < -0.39 is 0 Å². The second-order valence-corrected chi connectivity index (χ2v) is 5.64. The lowest BCUT2D eigenvalue weighted by molar-refractivity contribution is -0.125. The van der Waals surface area contributed by atoms with Crippen molar-refractivity contribution in [2.75, 3.05) is 14.2 Å². The summed E-state index contributed by atoms with van der Waals surface area (Å²) in [6.07, 6.45) is 0. The van der Waals surface area contributed by atoms with Gasteiger partial charge in [-0.3, -0.25) is 9.69 Å². The van der Waals surface area contributed by atoms with Crippen LogP contribution in [0.15, 0.2) is 54.6 Å². The molecule has 0 radical (unpaired) electrons. The van der Waals surface area contributed by atoms with E-state index in [1.807, 2.05) is 73.5 Å². The zero-order chi connectivity index (χ0) is 16.7. The monoisotopic (exact) mass is 312 g/mol. The fourth-order valence-corrected chi connectivity index (χ4v) is 2.29. The van der Waals surface area contributed by atoms with E-state index in [4.69, 9.17) is 4.74 Å². The molecular weight excluding hydrogens is 288 g/mol. The number of benzene rings is 2. The van der Waals surface area contributed by atoms with E-state index in [1.165, 1.54) is 0 Å². The molecule has 0 aliphatic carbocycles. The summed E-state index contributed by atoms with van der Waals surface area (Å²) < 4.78 is 5.16. The number of ether oxygens (including phenoxy) is 1. The average Bonchev–Trinajstić information content (AvgIpc) is 2.60. The molecule has 2 rings (SSSR count). The van der Waals surface area contributed by atoms with E-state index in [2.05, 4.69) is 5.32 Å². The number of nitrogens with zero attached hydrogens (tertiary/aromatic N) is 1. The molecule has 122 valence electrons. The number of amides is 1. The van der Waals surface area contributed by atoms with E-state index in [0.29, 0.717) is 13.1 Å². The first-order valence-electron chi connectivity index (χ1n) is 7.75. The van der Waals surface area contributed by atoms with Gasteiger partial charge in [0, 0.05) is 13.1 Å². The first-order chi connectivity index (χ1) is 11.1. The van der Waals surface area contributed by atoms with Crippen molar-refractivity contribution < 1.29 is 9.53 Å². The van der Waals surface area contributed by atoms with Gasteiger partial charge in [-0.2, -0.15) is 0 Å². The lowest BCUT2D eigenvalue weighted by Gasteiger charge is -2.24. The van der Waals surface area contributed by atoms with Gasteiger partial charge in [0.25, 0.3) is 0 Å². The van der Waals surface area contributed by atoms with Crippen LogP contribution in [0.25, 0.3) is 0 Å². The molecule has 0 heterocycles. The standard InChI is InChI=1S/C19H24N2O2/c1-15(19(22)20-13-16-7-5-4-6-8-16)21(2)14-17-9-11-18(23-3)12-10-17/h4-12,15H,13-14H2,1-3H3,(H,20,22). The molecule has 23 heavy (non-hydrogen) atoms. The molecule has 1 N–H and O–H groups in total. The average molecular weight is 312 g/mol. The van der Waals surface area contributed by atoms with Crippen molar-refractivity contribution in [3.05, 3.63) is 65.7 Å². The van der Waals surface area contributed by atoms with Crippen molar-refractivity contribution in [3.63, 3.8) is 0 Å². The molecule has 2 aromatic carbocycles. The third kappa shape index (κ3) is 5.11. The van der Waals surface area contributed by atoms with Crippen LogP contribution in [-0.4, -0.2) is 31.0 Å². The van der Waals surface area contributed by atoms with Gasteiger partial charge in [-0.25, -0.2) is 0 Å². The van der Waals surface area contributed by atoms with E-state index >= 15 is 0 Å². The molecule has 1 unspecified atom stereocenters. The number of carbonyl (C=O) groups excluding carboxylic acids is 1. The van der Waals surface area contributed by atoms with Crippen LogP contribution in [0, 0.1) is 0 Å². The van der Waals surface area contributed by atoms with Crippen molar-refractivity contribution in [2.45, 2.75) is 26.1 Å². The Labute approximate surface area is 138 Å². The predicted molar refractivity (Wildman–Crippen MR) is 92.2 cm³/mol. The first kappa shape index (κ1) is 17.0. The Hall–Kier alpha value is -2.33. The van der Waals surface area contributed by atoms with Crippen molar-refractivity contribution >= 4 is 5.91 Å². The highest BCUT2D eigenvalue weighted by molar-refractivity contribution is 5.81. The third-order valence-corrected chi connectivity index (χ3v) is 3.94. The molecular formula is C19H24N2O2. The van der Waals surface area contributed by atoms with Crippen LogP contribution >= 0.6 is 0 Å². The van der Waals surface area contributed by atoms with Crippen molar-refractivity contribution in [3.8, 4) is 5.75 Å². The lowest BCUT2D eigenvalue weighted by Crippen LogP contribution is -2.42. The lowest BCUT2D eigenvalue weighted by atomic mass is 10.1. The minimum atomic E-state index is -0.194. The van der Waals surface area contributed by atoms with Crippen LogP contribution in [0.3, 0.4) is 0 Å². The van der Waals surface area contributed by atoms with Gasteiger partial charge in [-0.05, 0) is 37.2 Å². The molecule has 0 saturated heterocycles. The Kier molecular flexibility index (Phi) is 6.18. The van der Waals surface area contributed by atoms with Crippen LogP contribution in [0.5, 0.6) is 5.75 Å². The van der Waals surface area contributed by atoms with Crippen LogP contribution in [0.2, 0.25) is 0 Å². The quantitative estimate of drug-likeness (QED) is 0.855. The summed E-state index contributed by atoms with van der Waals surface area (Å²) in [6, 6.07) is 17.6. The maximum Gasteiger partial charge on any atom is 0.237 e. The van der Waals surface area contributed by atoms with Crippen LogP contribution in [-0.2, 0) is 17.9 Å². The highest BCUT2D eigenvalue weighted by atomic mass is 16.5. The molecule has 0 fully saturated rings. The molecule has 2 aromatic rings. The number of likely N-dealkylation sites (N-methyl/N-ethyl adjacent to an activating group) is 1. The largest absolute Gasteiger partial charge is 0.497 e. The molecule has 0 aliphatic rings. The van der Waals surface area contributed by atoms with Gasteiger partial charge in [0.15, 0.2) is 0 Å². The third-order valence-electron chi connectivity index (χ3n) is 3.94. The second kappa shape index (κ2) is 8.34. The molecule has 1 atom stereocenters. The maximum absolute atomic E-state index is 12.3. The summed E-state index contributed by atoms with van der Waals surface area (Å²) >= 11 is 0. The number of methoxy groups -OCH3 is 1. The number of nitrogens with one attached hydrogen (secondary N) is 1. The number of hydrogen-bond donors (Lipinski definition) is 1. The van der Waals surface area contributed by atoms with Crippen molar-refractivity contribution in [1.82, 2.24) is 10.2 Å². The fourth-order valence-electron chi connectivity index (χ4n) is 2.29. The Bertz CT molecular complexity index is 611. The summed E-state index contributed by atoms with van der Waals surface area (Å²) in [4.78, 5) is 14.3. The number of carbonyl (C=O) groups is 1. The normalized spacial score (nSPS) is 12.0. The Balaban J connectivity index is 1.85. The van der Waals surface area contributed by atoms with Crippen molar-refractivity contribution in [1.29, 1.82) is 0 Å². The molecule has 4 heteroatoms. The molecule has 1 amide bonds. The number of hydrogen-bond acceptors (Lipinski definition) is 3. The molecule has 4 nitrogen and oxygen atoms in total. The first-order valence-corrected chi connectivity index (χ1v) is 7.75. The second-order valence-electron chi connectivity index (χ2n) is 5.64. The Morgan fingerprint density at radius 1 is 1.09 bits per heavy atom. The summed E-state index contributed by atoms with van der Waals surface area (Å²) in [7, 11) is 3.61. The van der Waals surface area contributed by atoms with Gasteiger partial charge < -0.3 is 10.1 Å². The minimum Gasteiger partial charge on any atom is -0.497 e. The van der Waals surface area contributed by atoms with E-state index in [1.54, 1.807) is 7.11 Å². The maximum atomic E-state index is 12.3. The summed E-state index contributed by atoms with van der Waals surface area (Å²) in [5, 5.41) is 2.98. The summed E-state index contributed by atoms with van der Waals surface area (Å²) in [5.41, 5.74) is 2.25. The predicted octanol–water partition coefficient (Wildman–Crippen LogP) is 2.83. The van der Waals surface area contributed by atoms with Gasteiger partial charge in [-0.15, -0.1) is 0 Å². The highest BCUT2D eigenvalue weighted by Crippen LogP contribution is 2.13. The molecule has 0 aliphatic heterocycles. The number of rotatable bonds is 7. The Morgan fingerprint density at radius 3 is 2.35 bits per heavy atom. The highest BCUT2D eigenvalue weighted by Gasteiger charge is 2.17. The minimum absolute atomic E-state index is 0.0323. The van der Waals surface area contributed by atoms with E-state index in [-0.39, 0.29) is 11.9 Å². The summed E-state index contributed by atoms with van der Waals surface area (Å²) in [5.74, 6) is 0.870. The van der Waals surface area contributed by atoms with E-state index in [9.17, 15) is 4.79 Å². The van der Waals surface area contributed by atoms with Gasteiger partial charge in [0.2, 0.25) is 5.91 Å².